The maximum atomic E-state index is 5.98. The van der Waals surface area contributed by atoms with Gasteiger partial charge in [-0.3, -0.25) is 14.8 Å². The summed E-state index contributed by atoms with van der Waals surface area (Å²) in [5.41, 5.74) is 1.18. The molecule has 0 bridgehead atoms. The van der Waals surface area contributed by atoms with Crippen LogP contribution in [0.15, 0.2) is 30.3 Å². The third kappa shape index (κ3) is 4.47. The van der Waals surface area contributed by atoms with Gasteiger partial charge in [0.25, 0.3) is 0 Å². The number of hydrogen-bond acceptors (Lipinski definition) is 3. The third-order valence-electron chi connectivity index (χ3n) is 5.10. The van der Waals surface area contributed by atoms with Gasteiger partial charge < -0.3 is 0 Å². The molecule has 1 aliphatic carbocycles. The van der Waals surface area contributed by atoms with Gasteiger partial charge in [0.1, 0.15) is 0 Å². The maximum absolute atomic E-state index is 5.98. The minimum atomic E-state index is 0.775. The highest BCUT2D eigenvalue weighted by molar-refractivity contribution is 5.43. The highest BCUT2D eigenvalue weighted by atomic mass is 16.7. The van der Waals surface area contributed by atoms with Crippen LogP contribution in [0.3, 0.4) is 0 Å². The van der Waals surface area contributed by atoms with Crippen LogP contribution in [-0.2, 0) is 4.84 Å². The Hall–Kier alpha value is -1.06. The molecule has 3 heteroatoms. The van der Waals surface area contributed by atoms with E-state index in [1.807, 2.05) is 0 Å². The lowest BCUT2D eigenvalue weighted by Gasteiger charge is -2.30. The second kappa shape index (κ2) is 8.54. The van der Waals surface area contributed by atoms with Crippen LogP contribution < -0.4 is 5.06 Å². The molecule has 1 saturated heterocycles. The second-order valence-electron chi connectivity index (χ2n) is 6.66. The van der Waals surface area contributed by atoms with E-state index in [1.54, 1.807) is 0 Å². The molecule has 1 aliphatic heterocycles. The molecule has 0 aromatic heterocycles. The van der Waals surface area contributed by atoms with Gasteiger partial charge >= 0.3 is 0 Å². The van der Waals surface area contributed by atoms with E-state index in [2.05, 4.69) is 40.3 Å². The number of hydrogen-bond donors (Lipinski definition) is 0. The topological polar surface area (TPSA) is 15.7 Å². The zero-order valence-electron chi connectivity index (χ0n) is 13.8. The number of anilines is 1. The molecule has 0 spiro atoms. The molecule has 2 fully saturated rings. The van der Waals surface area contributed by atoms with Gasteiger partial charge in [-0.2, -0.15) is 0 Å². The molecular formula is C19H30N2O. The number of para-hydroxylation sites is 1. The van der Waals surface area contributed by atoms with Gasteiger partial charge in [-0.25, -0.2) is 0 Å². The lowest BCUT2D eigenvalue weighted by molar-refractivity contribution is 0.107. The summed E-state index contributed by atoms with van der Waals surface area (Å²) in [6.07, 6.45) is 11.3. The van der Waals surface area contributed by atoms with E-state index in [4.69, 9.17) is 4.84 Å². The monoisotopic (exact) mass is 302 g/mol. The molecule has 1 aromatic carbocycles. The minimum Gasteiger partial charge on any atom is -0.296 e. The van der Waals surface area contributed by atoms with Crippen molar-refractivity contribution in [2.45, 2.75) is 57.4 Å². The highest BCUT2D eigenvalue weighted by Crippen LogP contribution is 2.23. The first kappa shape index (κ1) is 15.8. The van der Waals surface area contributed by atoms with Crippen molar-refractivity contribution in [3.05, 3.63) is 30.3 Å². The van der Waals surface area contributed by atoms with Crippen molar-refractivity contribution in [2.24, 2.45) is 0 Å². The molecule has 1 heterocycles. The zero-order chi connectivity index (χ0) is 15.0. The molecule has 2 aliphatic rings. The average molecular weight is 302 g/mol. The standard InChI is InChI=1S/C19H30N2O/c1-2-4-7-11-18(10-6-3-1)20-14-15-21(22-17-16-20)19-12-8-5-9-13-19/h5,8-9,12-13,18H,1-4,6-7,10-11,14-17H2. The van der Waals surface area contributed by atoms with E-state index in [0.717, 1.165) is 32.3 Å². The van der Waals surface area contributed by atoms with Gasteiger partial charge in [0, 0.05) is 19.1 Å². The molecule has 0 amide bonds. The normalized spacial score (nSPS) is 23.4. The van der Waals surface area contributed by atoms with Crippen LogP contribution in [0.25, 0.3) is 0 Å². The van der Waals surface area contributed by atoms with Crippen molar-refractivity contribution in [3.8, 4) is 0 Å². The zero-order valence-corrected chi connectivity index (χ0v) is 13.8. The van der Waals surface area contributed by atoms with Gasteiger partial charge in [0.15, 0.2) is 0 Å². The summed E-state index contributed by atoms with van der Waals surface area (Å²) in [5, 5.41) is 2.08. The van der Waals surface area contributed by atoms with Crippen LogP contribution in [0.4, 0.5) is 5.69 Å². The largest absolute Gasteiger partial charge is 0.296 e. The summed E-state index contributed by atoms with van der Waals surface area (Å²) in [4.78, 5) is 8.67. The van der Waals surface area contributed by atoms with Crippen LogP contribution in [0.2, 0.25) is 0 Å². The highest BCUT2D eigenvalue weighted by Gasteiger charge is 2.22. The fourth-order valence-electron chi connectivity index (χ4n) is 3.80. The van der Waals surface area contributed by atoms with E-state index in [1.165, 1.54) is 57.1 Å². The first-order chi connectivity index (χ1) is 10.9. The van der Waals surface area contributed by atoms with E-state index in [0.29, 0.717) is 0 Å². The van der Waals surface area contributed by atoms with E-state index >= 15 is 0 Å². The van der Waals surface area contributed by atoms with E-state index < -0.39 is 0 Å². The van der Waals surface area contributed by atoms with Crippen LogP contribution in [0.5, 0.6) is 0 Å². The summed E-state index contributed by atoms with van der Waals surface area (Å²) >= 11 is 0. The molecule has 0 N–H and O–H groups in total. The van der Waals surface area contributed by atoms with Crippen molar-refractivity contribution in [1.29, 1.82) is 0 Å². The number of hydroxylamine groups is 1. The molecule has 22 heavy (non-hydrogen) atoms. The average Bonchev–Trinajstić information content (AvgIpc) is 2.72. The van der Waals surface area contributed by atoms with Gasteiger partial charge in [-0.05, 0) is 25.0 Å². The van der Waals surface area contributed by atoms with Gasteiger partial charge in [-0.15, -0.1) is 0 Å². The summed E-state index contributed by atoms with van der Waals surface area (Å²) in [6, 6.07) is 11.3. The van der Waals surface area contributed by atoms with Crippen molar-refractivity contribution >= 4 is 5.69 Å². The Morgan fingerprint density at radius 2 is 1.45 bits per heavy atom. The van der Waals surface area contributed by atoms with Crippen LogP contribution in [-0.4, -0.2) is 37.2 Å². The summed E-state index contributed by atoms with van der Waals surface area (Å²) in [6.45, 7) is 3.99. The van der Waals surface area contributed by atoms with Crippen molar-refractivity contribution in [3.63, 3.8) is 0 Å². The molecule has 0 atom stereocenters. The summed E-state index contributed by atoms with van der Waals surface area (Å²) in [5.74, 6) is 0. The van der Waals surface area contributed by atoms with Crippen molar-refractivity contribution < 1.29 is 4.84 Å². The third-order valence-corrected chi connectivity index (χ3v) is 5.10. The molecule has 1 saturated carbocycles. The van der Waals surface area contributed by atoms with Crippen LogP contribution in [0, 0.1) is 0 Å². The van der Waals surface area contributed by atoms with Crippen molar-refractivity contribution in [1.82, 2.24) is 4.90 Å². The molecular weight excluding hydrogens is 272 g/mol. The van der Waals surface area contributed by atoms with Gasteiger partial charge in [-0.1, -0.05) is 56.7 Å². The van der Waals surface area contributed by atoms with Crippen LogP contribution >= 0.6 is 0 Å². The predicted molar refractivity (Wildman–Crippen MR) is 92.0 cm³/mol. The maximum Gasteiger partial charge on any atom is 0.0875 e. The second-order valence-corrected chi connectivity index (χ2v) is 6.66. The Morgan fingerprint density at radius 3 is 2.18 bits per heavy atom. The van der Waals surface area contributed by atoms with E-state index in [9.17, 15) is 0 Å². The van der Waals surface area contributed by atoms with E-state index in [-0.39, 0.29) is 0 Å². The first-order valence-electron chi connectivity index (χ1n) is 9.13. The quantitative estimate of drug-likeness (QED) is 0.812. The lowest BCUT2D eigenvalue weighted by atomic mass is 10.0. The van der Waals surface area contributed by atoms with Gasteiger partial charge in [0.05, 0.1) is 18.8 Å². The Balaban J connectivity index is 1.56. The van der Waals surface area contributed by atoms with Crippen LogP contribution in [0.1, 0.15) is 51.4 Å². The molecule has 1 aromatic rings. The summed E-state index contributed by atoms with van der Waals surface area (Å²) < 4.78 is 0. The SMILES string of the molecule is c1ccc(N2CCN(C3CCCCCCCC3)CCO2)cc1. The first-order valence-corrected chi connectivity index (χ1v) is 9.13. The molecule has 0 radical (unpaired) electrons. The van der Waals surface area contributed by atoms with Crippen molar-refractivity contribution in [2.75, 3.05) is 31.3 Å². The molecule has 0 unspecified atom stereocenters. The van der Waals surface area contributed by atoms with Gasteiger partial charge in [0.2, 0.25) is 0 Å². The molecule has 3 rings (SSSR count). The summed E-state index contributed by atoms with van der Waals surface area (Å²) in [7, 11) is 0. The molecule has 3 nitrogen and oxygen atoms in total. The fourth-order valence-corrected chi connectivity index (χ4v) is 3.80. The Bertz CT molecular complexity index is 413. The Morgan fingerprint density at radius 1 is 0.773 bits per heavy atom. The fraction of sp³-hybridized carbons (Fsp3) is 0.684. The predicted octanol–water partition coefficient (Wildman–Crippen LogP) is 4.24. The number of rotatable bonds is 2. The number of nitrogens with zero attached hydrogens (tertiary/aromatic N) is 2. The lowest BCUT2D eigenvalue weighted by Crippen LogP contribution is -2.38. The molecule has 122 valence electrons. The number of benzene rings is 1. The minimum absolute atomic E-state index is 0.775. The Kier molecular flexibility index (Phi) is 6.14. The Labute approximate surface area is 135 Å². The smallest absolute Gasteiger partial charge is 0.0875 e.